The van der Waals surface area contributed by atoms with Gasteiger partial charge >= 0.3 is 5.97 Å². The van der Waals surface area contributed by atoms with Crippen LogP contribution < -0.4 is 5.32 Å². The third kappa shape index (κ3) is 48.1. The van der Waals surface area contributed by atoms with E-state index in [0.717, 1.165) is 83.5 Å². The zero-order valence-corrected chi connectivity index (χ0v) is 43.4. The molecule has 3 unspecified atom stereocenters. The van der Waals surface area contributed by atoms with E-state index < -0.39 is 18.2 Å². The van der Waals surface area contributed by atoms with Gasteiger partial charge in [-0.3, -0.25) is 9.59 Å². The number of esters is 1. The summed E-state index contributed by atoms with van der Waals surface area (Å²) in [6.45, 7) is 6.39. The second kappa shape index (κ2) is 52.8. The molecule has 3 N–H and O–H groups in total. The number of hydrogen-bond acceptors (Lipinski definition) is 5. The van der Waals surface area contributed by atoms with Crippen molar-refractivity contribution in [2.75, 3.05) is 6.61 Å². The second-order valence-electron chi connectivity index (χ2n) is 19.3. The number of aliphatic hydroxyl groups excluding tert-OH is 2. The number of hydrogen-bond donors (Lipinski definition) is 3. The fourth-order valence-corrected chi connectivity index (χ4v) is 8.66. The summed E-state index contributed by atoms with van der Waals surface area (Å²) in [7, 11) is 0. The SMILES string of the molecule is CC/C=C/C/C=C/C/C=C/C/C=C/CCCCCC(=O)OC(CCCCCCCCCCCCCCCCC)CC(=O)NC(CO)C(O)CCCCCCCCCCCCCCCCC. The third-order valence-corrected chi connectivity index (χ3v) is 12.9. The number of amides is 1. The maximum atomic E-state index is 13.3. The Morgan fingerprint density at radius 2 is 0.831 bits per heavy atom. The maximum absolute atomic E-state index is 13.3. The summed E-state index contributed by atoms with van der Waals surface area (Å²) in [6, 6.07) is -0.707. The van der Waals surface area contributed by atoms with Gasteiger partial charge in [0.25, 0.3) is 0 Å². The molecule has 0 saturated carbocycles. The molecule has 0 fully saturated rings. The molecule has 3 atom stereocenters. The van der Waals surface area contributed by atoms with Crippen molar-refractivity contribution in [2.24, 2.45) is 0 Å². The van der Waals surface area contributed by atoms with E-state index in [0.29, 0.717) is 19.3 Å². The van der Waals surface area contributed by atoms with Crippen molar-refractivity contribution in [1.82, 2.24) is 5.32 Å². The van der Waals surface area contributed by atoms with E-state index in [4.69, 9.17) is 4.74 Å². The van der Waals surface area contributed by atoms with Crippen LogP contribution in [0.3, 0.4) is 0 Å². The van der Waals surface area contributed by atoms with Crippen molar-refractivity contribution in [3.63, 3.8) is 0 Å². The molecule has 6 heteroatoms. The molecule has 0 aliphatic rings. The summed E-state index contributed by atoms with van der Waals surface area (Å²) in [5.74, 6) is -0.497. The first-order chi connectivity index (χ1) is 32.0. The molecule has 0 aromatic carbocycles. The van der Waals surface area contributed by atoms with Gasteiger partial charge in [0.1, 0.15) is 6.10 Å². The lowest BCUT2D eigenvalue weighted by Crippen LogP contribution is -2.46. The number of allylic oxidation sites excluding steroid dienone is 8. The van der Waals surface area contributed by atoms with Crippen molar-refractivity contribution < 1.29 is 24.5 Å². The predicted molar refractivity (Wildman–Crippen MR) is 282 cm³/mol. The first-order valence-corrected chi connectivity index (χ1v) is 28.4. The van der Waals surface area contributed by atoms with Crippen LogP contribution >= 0.6 is 0 Å². The highest BCUT2D eigenvalue weighted by Gasteiger charge is 2.24. The lowest BCUT2D eigenvalue weighted by atomic mass is 10.0. The molecule has 0 aliphatic carbocycles. The lowest BCUT2D eigenvalue weighted by Gasteiger charge is -2.24. The fourth-order valence-electron chi connectivity index (χ4n) is 8.66. The van der Waals surface area contributed by atoms with Gasteiger partial charge in [0, 0.05) is 6.42 Å². The molecule has 1 amide bonds. The zero-order chi connectivity index (χ0) is 47.4. The van der Waals surface area contributed by atoms with E-state index in [2.05, 4.69) is 74.7 Å². The normalized spacial score (nSPS) is 13.5. The minimum atomic E-state index is -0.792. The summed E-state index contributed by atoms with van der Waals surface area (Å²) in [4.78, 5) is 26.2. The summed E-state index contributed by atoms with van der Waals surface area (Å²) < 4.78 is 5.95. The van der Waals surface area contributed by atoms with Crippen LogP contribution in [0.15, 0.2) is 48.6 Å². The van der Waals surface area contributed by atoms with Crippen LogP contribution in [0.4, 0.5) is 0 Å². The first-order valence-electron chi connectivity index (χ1n) is 28.4. The monoisotopic (exact) mass is 912 g/mol. The number of unbranched alkanes of at least 4 members (excludes halogenated alkanes) is 31. The second-order valence-corrected chi connectivity index (χ2v) is 19.3. The Labute approximate surface area is 404 Å². The van der Waals surface area contributed by atoms with E-state index in [1.165, 1.54) is 161 Å². The molecule has 380 valence electrons. The molecular weight excluding hydrogens is 803 g/mol. The van der Waals surface area contributed by atoms with Crippen LogP contribution in [-0.2, 0) is 14.3 Å². The fraction of sp³-hybridized carbons (Fsp3) is 0.831. The minimum Gasteiger partial charge on any atom is -0.462 e. The molecule has 0 aromatic rings. The number of aliphatic hydroxyl groups is 2. The summed E-state index contributed by atoms with van der Waals surface area (Å²) in [5.41, 5.74) is 0. The summed E-state index contributed by atoms with van der Waals surface area (Å²) in [6.07, 6.45) is 64.6. The summed E-state index contributed by atoms with van der Waals surface area (Å²) in [5, 5.41) is 23.9. The van der Waals surface area contributed by atoms with Crippen molar-refractivity contribution in [3.05, 3.63) is 48.6 Å². The third-order valence-electron chi connectivity index (χ3n) is 12.9. The van der Waals surface area contributed by atoms with E-state index in [1.54, 1.807) is 0 Å². The van der Waals surface area contributed by atoms with Crippen LogP contribution in [0.1, 0.15) is 290 Å². The number of rotatable bonds is 51. The molecule has 0 spiro atoms. The molecule has 0 heterocycles. The smallest absolute Gasteiger partial charge is 0.306 e. The zero-order valence-electron chi connectivity index (χ0n) is 43.4. The van der Waals surface area contributed by atoms with Gasteiger partial charge in [0.15, 0.2) is 0 Å². The van der Waals surface area contributed by atoms with Crippen LogP contribution in [0.2, 0.25) is 0 Å². The number of nitrogens with one attached hydrogen (secondary N) is 1. The summed E-state index contributed by atoms with van der Waals surface area (Å²) >= 11 is 0. The molecule has 0 rings (SSSR count). The van der Waals surface area contributed by atoms with Gasteiger partial charge in [-0.15, -0.1) is 0 Å². The standard InChI is InChI=1S/C59H109NO5/c1-4-7-10-13-16-19-22-25-28-31-34-37-40-43-46-49-52-59(64)65-55(50-47-44-41-38-35-32-29-26-23-20-17-14-11-8-5-2)53-58(63)60-56(54-61)57(62)51-48-45-42-39-36-33-30-27-24-21-18-15-12-9-6-3/h7,10,16,19,25,28,34,37,55-57,61-62H,4-6,8-9,11-15,17-18,20-24,26-27,29-33,35-36,38-54H2,1-3H3,(H,60,63)/b10-7+,19-16+,28-25+,37-34+. The average Bonchev–Trinajstić information content (AvgIpc) is 3.30. The molecule has 65 heavy (non-hydrogen) atoms. The Kier molecular flexibility index (Phi) is 51.0. The molecule has 0 saturated heterocycles. The van der Waals surface area contributed by atoms with Crippen LogP contribution in [0.25, 0.3) is 0 Å². The highest BCUT2D eigenvalue weighted by Crippen LogP contribution is 2.19. The number of ether oxygens (including phenoxy) is 1. The Balaban J connectivity index is 4.58. The molecule has 0 radical (unpaired) electrons. The van der Waals surface area contributed by atoms with Gasteiger partial charge in [-0.25, -0.2) is 0 Å². The van der Waals surface area contributed by atoms with Crippen LogP contribution in [0, 0.1) is 0 Å². The minimum absolute atomic E-state index is 0.0678. The van der Waals surface area contributed by atoms with Crippen molar-refractivity contribution in [1.29, 1.82) is 0 Å². The Morgan fingerprint density at radius 1 is 0.462 bits per heavy atom. The highest BCUT2D eigenvalue weighted by molar-refractivity contribution is 5.77. The Hall–Kier alpha value is -2.18. The van der Waals surface area contributed by atoms with Gasteiger partial charge < -0.3 is 20.3 Å². The Bertz CT molecular complexity index is 1110. The molecule has 0 aromatic heterocycles. The van der Waals surface area contributed by atoms with Gasteiger partial charge in [0.2, 0.25) is 5.91 Å². The van der Waals surface area contributed by atoms with Crippen LogP contribution in [-0.4, -0.2) is 46.9 Å². The topological polar surface area (TPSA) is 95.9 Å². The van der Waals surface area contributed by atoms with Crippen molar-refractivity contribution >= 4 is 11.9 Å². The Morgan fingerprint density at radius 3 is 1.25 bits per heavy atom. The van der Waals surface area contributed by atoms with Gasteiger partial charge in [-0.2, -0.15) is 0 Å². The number of carbonyl (C=O) groups excluding carboxylic acids is 2. The maximum Gasteiger partial charge on any atom is 0.306 e. The molecule has 6 nitrogen and oxygen atoms in total. The van der Waals surface area contributed by atoms with Gasteiger partial charge in [0.05, 0.1) is 25.2 Å². The molecule has 0 aliphatic heterocycles. The van der Waals surface area contributed by atoms with Crippen molar-refractivity contribution in [3.8, 4) is 0 Å². The first kappa shape index (κ1) is 62.8. The molecule has 0 bridgehead atoms. The van der Waals surface area contributed by atoms with Crippen molar-refractivity contribution in [2.45, 2.75) is 309 Å². The van der Waals surface area contributed by atoms with Gasteiger partial charge in [-0.1, -0.05) is 262 Å². The van der Waals surface area contributed by atoms with Gasteiger partial charge in [-0.05, 0) is 64.2 Å². The lowest BCUT2D eigenvalue weighted by molar-refractivity contribution is -0.151. The quantitative estimate of drug-likeness (QED) is 0.0321. The highest BCUT2D eigenvalue weighted by atomic mass is 16.5. The molecular formula is C59H109NO5. The van der Waals surface area contributed by atoms with E-state index in [9.17, 15) is 19.8 Å². The van der Waals surface area contributed by atoms with E-state index in [-0.39, 0.29) is 24.9 Å². The predicted octanol–water partition coefficient (Wildman–Crippen LogP) is 17.4. The largest absolute Gasteiger partial charge is 0.462 e. The van der Waals surface area contributed by atoms with E-state index >= 15 is 0 Å². The van der Waals surface area contributed by atoms with E-state index in [1.807, 2.05) is 0 Å². The van der Waals surface area contributed by atoms with Crippen LogP contribution in [0.5, 0.6) is 0 Å². The number of carbonyl (C=O) groups is 2. The average molecular weight is 913 g/mol.